The van der Waals surface area contributed by atoms with E-state index in [-0.39, 0.29) is 12.1 Å². The molecule has 0 amide bonds. The van der Waals surface area contributed by atoms with E-state index >= 15 is 0 Å². The second kappa shape index (κ2) is 4.78. The van der Waals surface area contributed by atoms with Crippen LogP contribution in [0.5, 0.6) is 0 Å². The Kier molecular flexibility index (Phi) is 3.61. The maximum Gasteiger partial charge on any atom is 0.0617 e. The van der Waals surface area contributed by atoms with Crippen molar-refractivity contribution >= 4 is 0 Å². The van der Waals surface area contributed by atoms with Gasteiger partial charge in [-0.15, -0.1) is 0 Å². The van der Waals surface area contributed by atoms with Crippen LogP contribution in [0.2, 0.25) is 0 Å². The lowest BCUT2D eigenvalue weighted by Gasteiger charge is -2.52. The third-order valence-corrected chi connectivity index (χ3v) is 3.85. The Labute approximate surface area is 91.6 Å². The van der Waals surface area contributed by atoms with E-state index in [1.165, 1.54) is 6.42 Å². The smallest absolute Gasteiger partial charge is 0.0617 e. The van der Waals surface area contributed by atoms with Crippen molar-refractivity contribution < 1.29 is 9.84 Å². The number of aliphatic hydroxyl groups excluding tert-OH is 1. The van der Waals surface area contributed by atoms with Gasteiger partial charge in [0, 0.05) is 32.3 Å². The van der Waals surface area contributed by atoms with Crippen molar-refractivity contribution in [1.82, 2.24) is 10.2 Å². The van der Waals surface area contributed by atoms with Gasteiger partial charge in [-0.3, -0.25) is 4.90 Å². The average molecular weight is 214 g/mol. The van der Waals surface area contributed by atoms with Crippen molar-refractivity contribution in [3.05, 3.63) is 0 Å². The molecule has 2 N–H and O–H groups in total. The second-order valence-corrected chi connectivity index (χ2v) is 4.74. The molecule has 0 spiro atoms. The molecule has 0 aromatic carbocycles. The molecule has 2 fully saturated rings. The maximum absolute atomic E-state index is 9.58. The van der Waals surface area contributed by atoms with Crippen molar-refractivity contribution in [2.24, 2.45) is 0 Å². The lowest BCUT2D eigenvalue weighted by molar-refractivity contribution is -0.112. The molecule has 1 heterocycles. The minimum absolute atomic E-state index is 0.0205. The fraction of sp³-hybridized carbons (Fsp3) is 1.00. The Morgan fingerprint density at radius 2 is 2.20 bits per heavy atom. The van der Waals surface area contributed by atoms with E-state index < -0.39 is 0 Å². The molecule has 0 unspecified atom stereocenters. The molecule has 0 aromatic heterocycles. The van der Waals surface area contributed by atoms with Gasteiger partial charge in [0.1, 0.15) is 0 Å². The highest BCUT2D eigenvalue weighted by Crippen LogP contribution is 2.39. The van der Waals surface area contributed by atoms with Gasteiger partial charge >= 0.3 is 0 Å². The zero-order valence-corrected chi connectivity index (χ0v) is 9.54. The molecule has 0 radical (unpaired) electrons. The van der Waals surface area contributed by atoms with Gasteiger partial charge < -0.3 is 15.2 Å². The van der Waals surface area contributed by atoms with Crippen molar-refractivity contribution in [2.75, 3.05) is 39.9 Å². The summed E-state index contributed by atoms with van der Waals surface area (Å²) in [4.78, 5) is 2.45. The Balaban J connectivity index is 1.94. The van der Waals surface area contributed by atoms with E-state index in [0.29, 0.717) is 6.10 Å². The minimum atomic E-state index is 0.0205. The number of methoxy groups -OCH3 is 1. The SMILES string of the molecule is COC1CC(CO)(N2CCCNCC2)C1. The monoisotopic (exact) mass is 214 g/mol. The van der Waals surface area contributed by atoms with Crippen LogP contribution in [0.1, 0.15) is 19.3 Å². The number of hydrogen-bond acceptors (Lipinski definition) is 4. The van der Waals surface area contributed by atoms with Gasteiger partial charge in [0.05, 0.1) is 12.7 Å². The zero-order valence-electron chi connectivity index (χ0n) is 9.54. The molecular formula is C11H22N2O2. The fourth-order valence-corrected chi connectivity index (χ4v) is 2.76. The Hall–Kier alpha value is -0.160. The minimum Gasteiger partial charge on any atom is -0.394 e. The molecule has 0 aromatic rings. The van der Waals surface area contributed by atoms with E-state index in [4.69, 9.17) is 4.74 Å². The van der Waals surface area contributed by atoms with Crippen molar-refractivity contribution in [3.8, 4) is 0 Å². The van der Waals surface area contributed by atoms with Crippen molar-refractivity contribution in [1.29, 1.82) is 0 Å². The molecule has 1 aliphatic heterocycles. The van der Waals surface area contributed by atoms with Crippen molar-refractivity contribution in [2.45, 2.75) is 30.9 Å². The first kappa shape index (κ1) is 11.3. The van der Waals surface area contributed by atoms with Gasteiger partial charge in [-0.2, -0.15) is 0 Å². The molecule has 1 saturated carbocycles. The highest BCUT2D eigenvalue weighted by molar-refractivity contribution is 5.03. The highest BCUT2D eigenvalue weighted by atomic mass is 16.5. The van der Waals surface area contributed by atoms with E-state index in [1.807, 2.05) is 0 Å². The molecule has 4 heteroatoms. The summed E-state index contributed by atoms with van der Waals surface area (Å²) in [5.41, 5.74) is 0.0205. The summed E-state index contributed by atoms with van der Waals surface area (Å²) in [6.07, 6.45) is 3.51. The van der Waals surface area contributed by atoms with E-state index in [2.05, 4.69) is 10.2 Å². The summed E-state index contributed by atoms with van der Waals surface area (Å²) >= 11 is 0. The second-order valence-electron chi connectivity index (χ2n) is 4.74. The summed E-state index contributed by atoms with van der Waals surface area (Å²) in [6, 6.07) is 0. The summed E-state index contributed by atoms with van der Waals surface area (Å²) in [5.74, 6) is 0. The van der Waals surface area contributed by atoms with Crippen LogP contribution in [0.4, 0.5) is 0 Å². The topological polar surface area (TPSA) is 44.7 Å². The summed E-state index contributed by atoms with van der Waals surface area (Å²) in [6.45, 7) is 4.57. The Morgan fingerprint density at radius 3 is 2.87 bits per heavy atom. The number of nitrogens with one attached hydrogen (secondary N) is 1. The highest BCUT2D eigenvalue weighted by Gasteiger charge is 2.48. The predicted molar refractivity (Wildman–Crippen MR) is 58.9 cm³/mol. The average Bonchev–Trinajstić information content (AvgIpc) is 2.47. The van der Waals surface area contributed by atoms with Crippen molar-refractivity contribution in [3.63, 3.8) is 0 Å². The van der Waals surface area contributed by atoms with Crippen LogP contribution in [0.3, 0.4) is 0 Å². The van der Waals surface area contributed by atoms with Crippen LogP contribution in [0.25, 0.3) is 0 Å². The maximum atomic E-state index is 9.58. The first-order valence-corrected chi connectivity index (χ1v) is 5.90. The third kappa shape index (κ3) is 2.18. The molecule has 2 rings (SSSR count). The van der Waals surface area contributed by atoms with Crippen LogP contribution in [0, 0.1) is 0 Å². The zero-order chi connectivity index (χ0) is 10.7. The van der Waals surface area contributed by atoms with Gasteiger partial charge in [-0.25, -0.2) is 0 Å². The molecule has 4 nitrogen and oxygen atoms in total. The van der Waals surface area contributed by atoms with Crippen LogP contribution in [-0.2, 0) is 4.74 Å². The summed E-state index contributed by atoms with van der Waals surface area (Å²) < 4.78 is 5.31. The van der Waals surface area contributed by atoms with Gasteiger partial charge in [0.15, 0.2) is 0 Å². The van der Waals surface area contributed by atoms with Gasteiger partial charge in [-0.1, -0.05) is 0 Å². The molecular weight excluding hydrogens is 192 g/mol. The van der Waals surface area contributed by atoms with Crippen LogP contribution >= 0.6 is 0 Å². The number of aliphatic hydroxyl groups is 1. The lowest BCUT2D eigenvalue weighted by atomic mass is 9.73. The largest absolute Gasteiger partial charge is 0.394 e. The first-order valence-electron chi connectivity index (χ1n) is 5.90. The molecule has 1 saturated heterocycles. The standard InChI is InChI=1S/C11H22N2O2/c1-15-10-7-11(8-10,9-14)13-5-2-3-12-4-6-13/h10,12,14H,2-9H2,1H3. The quantitative estimate of drug-likeness (QED) is 0.684. The Bertz CT molecular complexity index is 197. The molecule has 0 bridgehead atoms. The lowest BCUT2D eigenvalue weighted by Crippen LogP contribution is -2.62. The fourth-order valence-electron chi connectivity index (χ4n) is 2.76. The van der Waals surface area contributed by atoms with Gasteiger partial charge in [-0.05, 0) is 25.8 Å². The molecule has 88 valence electrons. The molecule has 0 atom stereocenters. The summed E-state index contributed by atoms with van der Waals surface area (Å²) in [7, 11) is 1.76. The first-order chi connectivity index (χ1) is 7.30. The number of nitrogens with zero attached hydrogens (tertiary/aromatic N) is 1. The molecule has 15 heavy (non-hydrogen) atoms. The van der Waals surface area contributed by atoms with Crippen LogP contribution < -0.4 is 5.32 Å². The number of rotatable bonds is 3. The summed E-state index contributed by atoms with van der Waals surface area (Å²) in [5, 5.41) is 13.0. The van der Waals surface area contributed by atoms with Crippen LogP contribution in [-0.4, -0.2) is 61.5 Å². The molecule has 2 aliphatic rings. The molecule has 1 aliphatic carbocycles. The van der Waals surface area contributed by atoms with E-state index in [0.717, 1.165) is 39.0 Å². The van der Waals surface area contributed by atoms with Gasteiger partial charge in [0.2, 0.25) is 0 Å². The number of hydrogen-bond donors (Lipinski definition) is 2. The van der Waals surface area contributed by atoms with E-state index in [9.17, 15) is 5.11 Å². The predicted octanol–water partition coefficient (Wildman–Crippen LogP) is -0.178. The normalized spacial score (nSPS) is 38.4. The van der Waals surface area contributed by atoms with Gasteiger partial charge in [0.25, 0.3) is 0 Å². The van der Waals surface area contributed by atoms with E-state index in [1.54, 1.807) is 7.11 Å². The number of ether oxygens (including phenoxy) is 1. The Morgan fingerprint density at radius 1 is 1.40 bits per heavy atom. The third-order valence-electron chi connectivity index (χ3n) is 3.85. The van der Waals surface area contributed by atoms with Crippen LogP contribution in [0.15, 0.2) is 0 Å².